The standard InChI is InChI=1S/C14H15OPS/c1-10(17)11-6-2-4-8-13(11)16-14-9-5-3-7-12(14)15/h2-10,15-17H,1H3. The summed E-state index contributed by atoms with van der Waals surface area (Å²) in [4.78, 5) is 0. The van der Waals surface area contributed by atoms with Crippen LogP contribution in [0.15, 0.2) is 48.5 Å². The summed E-state index contributed by atoms with van der Waals surface area (Å²) in [6, 6.07) is 15.8. The molecule has 88 valence electrons. The number of aromatic hydroxyl groups is 1. The van der Waals surface area contributed by atoms with Gasteiger partial charge in [0.15, 0.2) is 0 Å². The Labute approximate surface area is 109 Å². The third kappa shape index (κ3) is 3.02. The van der Waals surface area contributed by atoms with E-state index in [4.69, 9.17) is 0 Å². The van der Waals surface area contributed by atoms with E-state index >= 15 is 0 Å². The van der Waals surface area contributed by atoms with E-state index in [-0.39, 0.29) is 5.25 Å². The van der Waals surface area contributed by atoms with Crippen molar-refractivity contribution in [2.45, 2.75) is 12.2 Å². The smallest absolute Gasteiger partial charge is 0.123 e. The van der Waals surface area contributed by atoms with Crippen molar-refractivity contribution < 1.29 is 5.11 Å². The highest BCUT2D eigenvalue weighted by Gasteiger charge is 2.08. The molecular weight excluding hydrogens is 247 g/mol. The van der Waals surface area contributed by atoms with Gasteiger partial charge in [0.05, 0.1) is 0 Å². The number of para-hydroxylation sites is 1. The molecule has 17 heavy (non-hydrogen) atoms. The van der Waals surface area contributed by atoms with Gasteiger partial charge in [0.2, 0.25) is 0 Å². The number of benzene rings is 2. The molecule has 0 aliphatic heterocycles. The Morgan fingerprint density at radius 1 is 1.00 bits per heavy atom. The number of thiol groups is 1. The summed E-state index contributed by atoms with van der Waals surface area (Å²) in [5.41, 5.74) is 1.23. The largest absolute Gasteiger partial charge is 0.507 e. The molecule has 0 radical (unpaired) electrons. The predicted octanol–water partition coefficient (Wildman–Crippen LogP) is 3.01. The quantitative estimate of drug-likeness (QED) is 0.643. The van der Waals surface area contributed by atoms with Crippen LogP contribution in [-0.2, 0) is 0 Å². The molecule has 0 heterocycles. The van der Waals surface area contributed by atoms with E-state index in [9.17, 15) is 5.11 Å². The zero-order valence-electron chi connectivity index (χ0n) is 9.59. The first-order chi connectivity index (χ1) is 8.18. The lowest BCUT2D eigenvalue weighted by atomic mass is 10.2. The zero-order chi connectivity index (χ0) is 12.3. The molecule has 0 saturated carbocycles. The van der Waals surface area contributed by atoms with Crippen LogP contribution in [-0.4, -0.2) is 5.11 Å². The first-order valence-electron chi connectivity index (χ1n) is 5.50. The number of hydrogen-bond donors (Lipinski definition) is 2. The van der Waals surface area contributed by atoms with Crippen LogP contribution in [0.1, 0.15) is 17.7 Å². The summed E-state index contributed by atoms with van der Waals surface area (Å²) < 4.78 is 0. The molecule has 0 spiro atoms. The van der Waals surface area contributed by atoms with Crippen LogP contribution >= 0.6 is 21.2 Å². The normalized spacial score (nSPS) is 13.1. The van der Waals surface area contributed by atoms with Gasteiger partial charge < -0.3 is 5.11 Å². The average Bonchev–Trinajstić information content (AvgIpc) is 2.32. The number of rotatable bonds is 3. The average molecular weight is 262 g/mol. The molecule has 0 saturated heterocycles. The van der Waals surface area contributed by atoms with E-state index in [1.54, 1.807) is 6.07 Å². The first kappa shape index (κ1) is 12.5. The molecule has 2 aromatic rings. The summed E-state index contributed by atoms with van der Waals surface area (Å²) >= 11 is 4.49. The SMILES string of the molecule is CC(S)c1ccccc1Pc1ccccc1O. The lowest BCUT2D eigenvalue weighted by molar-refractivity contribution is 0.480. The summed E-state index contributed by atoms with van der Waals surface area (Å²) in [6.45, 7) is 2.07. The molecule has 1 nitrogen and oxygen atoms in total. The Hall–Kier alpha value is -0.980. The summed E-state index contributed by atoms with van der Waals surface area (Å²) in [6.07, 6.45) is 0. The minimum absolute atomic E-state index is 0.213. The summed E-state index contributed by atoms with van der Waals surface area (Å²) in [5.74, 6) is 0.368. The molecule has 2 aromatic carbocycles. The fourth-order valence-electron chi connectivity index (χ4n) is 1.70. The van der Waals surface area contributed by atoms with Gasteiger partial charge in [0.25, 0.3) is 0 Å². The monoisotopic (exact) mass is 262 g/mol. The molecular formula is C14H15OPS. The van der Waals surface area contributed by atoms with Crippen LogP contribution in [0.3, 0.4) is 0 Å². The first-order valence-corrected chi connectivity index (χ1v) is 7.02. The number of phenols is 1. The fourth-order valence-corrected chi connectivity index (χ4v) is 3.35. The molecule has 0 aromatic heterocycles. The van der Waals surface area contributed by atoms with Crippen LogP contribution in [0.25, 0.3) is 0 Å². The van der Waals surface area contributed by atoms with E-state index in [0.29, 0.717) is 14.3 Å². The second-order valence-corrected chi connectivity index (χ2v) is 6.01. The van der Waals surface area contributed by atoms with Crippen LogP contribution in [0.4, 0.5) is 0 Å². The van der Waals surface area contributed by atoms with Crippen LogP contribution < -0.4 is 10.6 Å². The molecule has 0 amide bonds. The third-order valence-electron chi connectivity index (χ3n) is 2.58. The minimum Gasteiger partial charge on any atom is -0.507 e. The van der Waals surface area contributed by atoms with Crippen molar-refractivity contribution in [2.75, 3.05) is 0 Å². The molecule has 0 fully saturated rings. The van der Waals surface area contributed by atoms with Gasteiger partial charge in [0, 0.05) is 10.6 Å². The second kappa shape index (κ2) is 5.57. The van der Waals surface area contributed by atoms with Crippen molar-refractivity contribution in [1.82, 2.24) is 0 Å². The van der Waals surface area contributed by atoms with Crippen molar-refractivity contribution in [3.05, 3.63) is 54.1 Å². The van der Waals surface area contributed by atoms with Crippen molar-refractivity contribution in [3.8, 4) is 5.75 Å². The Balaban J connectivity index is 2.34. The summed E-state index contributed by atoms with van der Waals surface area (Å²) in [5, 5.41) is 12.2. The number of hydrogen-bond acceptors (Lipinski definition) is 2. The van der Waals surface area contributed by atoms with E-state index in [2.05, 4.69) is 31.7 Å². The van der Waals surface area contributed by atoms with E-state index in [1.807, 2.05) is 30.3 Å². The molecule has 3 heteroatoms. The third-order valence-corrected chi connectivity index (χ3v) is 4.28. The highest BCUT2D eigenvalue weighted by atomic mass is 32.1. The Kier molecular flexibility index (Phi) is 4.09. The maximum absolute atomic E-state index is 9.79. The maximum Gasteiger partial charge on any atom is 0.123 e. The van der Waals surface area contributed by atoms with Gasteiger partial charge >= 0.3 is 0 Å². The van der Waals surface area contributed by atoms with Crippen LogP contribution in [0, 0.1) is 0 Å². The van der Waals surface area contributed by atoms with E-state index in [0.717, 1.165) is 5.30 Å². The topological polar surface area (TPSA) is 20.2 Å². The van der Waals surface area contributed by atoms with Crippen molar-refractivity contribution in [3.63, 3.8) is 0 Å². The highest BCUT2D eigenvalue weighted by Crippen LogP contribution is 2.24. The van der Waals surface area contributed by atoms with Gasteiger partial charge in [-0.05, 0) is 23.9 Å². The predicted molar refractivity (Wildman–Crippen MR) is 79.5 cm³/mol. The van der Waals surface area contributed by atoms with Gasteiger partial charge in [-0.1, -0.05) is 51.0 Å². The fraction of sp³-hybridized carbons (Fsp3) is 0.143. The number of phenolic OH excluding ortho intramolecular Hbond substituents is 1. The van der Waals surface area contributed by atoms with E-state index in [1.165, 1.54) is 10.9 Å². The van der Waals surface area contributed by atoms with Gasteiger partial charge in [-0.25, -0.2) is 0 Å². The molecule has 2 rings (SSSR count). The van der Waals surface area contributed by atoms with E-state index < -0.39 is 0 Å². The van der Waals surface area contributed by atoms with Crippen molar-refractivity contribution in [1.29, 1.82) is 0 Å². The molecule has 2 unspecified atom stereocenters. The molecule has 1 N–H and O–H groups in total. The van der Waals surface area contributed by atoms with Gasteiger partial charge in [-0.15, -0.1) is 0 Å². The molecule has 0 aliphatic rings. The Morgan fingerprint density at radius 3 is 2.24 bits per heavy atom. The summed E-state index contributed by atoms with van der Waals surface area (Å²) in [7, 11) is 0.468. The highest BCUT2D eigenvalue weighted by molar-refractivity contribution is 7.80. The Bertz CT molecular complexity index is 511. The molecule has 0 aliphatic carbocycles. The van der Waals surface area contributed by atoms with Crippen molar-refractivity contribution >= 4 is 31.8 Å². The van der Waals surface area contributed by atoms with Crippen LogP contribution in [0.5, 0.6) is 5.75 Å². The lowest BCUT2D eigenvalue weighted by Gasteiger charge is -2.12. The lowest BCUT2D eigenvalue weighted by Crippen LogP contribution is -2.09. The zero-order valence-corrected chi connectivity index (χ0v) is 11.5. The van der Waals surface area contributed by atoms with Crippen molar-refractivity contribution in [2.24, 2.45) is 0 Å². The minimum atomic E-state index is 0.213. The van der Waals surface area contributed by atoms with Gasteiger partial charge in [-0.2, -0.15) is 12.6 Å². The molecule has 0 bridgehead atoms. The second-order valence-electron chi connectivity index (χ2n) is 3.91. The maximum atomic E-state index is 9.79. The van der Waals surface area contributed by atoms with Gasteiger partial charge in [0.1, 0.15) is 5.75 Å². The molecule has 2 atom stereocenters. The van der Waals surface area contributed by atoms with Gasteiger partial charge in [-0.3, -0.25) is 0 Å². The van der Waals surface area contributed by atoms with Crippen LogP contribution in [0.2, 0.25) is 0 Å². The Morgan fingerprint density at radius 2 is 1.59 bits per heavy atom.